The molecule has 2 aromatic rings. The quantitative estimate of drug-likeness (QED) is 0.790. The fraction of sp³-hybridized carbons (Fsp3) is 0.167. The molecule has 2 rings (SSSR count). The highest BCUT2D eigenvalue weighted by atomic mass is 16.1. The third kappa shape index (κ3) is 1.82. The van der Waals surface area contributed by atoms with Gasteiger partial charge >= 0.3 is 0 Å². The lowest BCUT2D eigenvalue weighted by Crippen LogP contribution is -2.23. The maximum Gasteiger partial charge on any atom is 0.255 e. The second kappa shape index (κ2) is 4.18. The van der Waals surface area contributed by atoms with Gasteiger partial charge in [0, 0.05) is 18.9 Å². The Hall–Kier alpha value is -2.10. The van der Waals surface area contributed by atoms with Crippen molar-refractivity contribution >= 4 is 11.6 Å². The first-order valence-electron chi connectivity index (χ1n) is 5.06. The molecule has 0 atom stereocenters. The van der Waals surface area contributed by atoms with E-state index in [1.54, 1.807) is 12.1 Å². The second-order valence-corrected chi connectivity index (χ2v) is 3.53. The van der Waals surface area contributed by atoms with Crippen molar-refractivity contribution in [2.24, 2.45) is 0 Å². The van der Waals surface area contributed by atoms with Crippen LogP contribution in [0.5, 0.6) is 0 Å². The molecule has 16 heavy (non-hydrogen) atoms. The average molecular weight is 215 g/mol. The molecular weight excluding hydrogens is 202 g/mol. The normalized spacial score (nSPS) is 10.3. The summed E-state index contributed by atoms with van der Waals surface area (Å²) in [5.74, 6) is -0.129. The van der Waals surface area contributed by atoms with Gasteiger partial charge in [0.25, 0.3) is 5.91 Å². The molecule has 1 amide bonds. The van der Waals surface area contributed by atoms with Crippen molar-refractivity contribution in [3.8, 4) is 0 Å². The molecule has 0 unspecified atom stereocenters. The molecule has 0 fully saturated rings. The summed E-state index contributed by atoms with van der Waals surface area (Å²) < 4.78 is 1.85. The fourth-order valence-electron chi connectivity index (χ4n) is 1.57. The monoisotopic (exact) mass is 215 g/mol. The topological polar surface area (TPSA) is 46.4 Å². The molecule has 4 heteroatoms. The molecule has 0 aliphatic carbocycles. The average Bonchev–Trinajstić information content (AvgIpc) is 2.65. The Bertz CT molecular complexity index is 542. The number of amides is 1. The van der Waals surface area contributed by atoms with E-state index in [2.05, 4.69) is 16.9 Å². The minimum atomic E-state index is -0.129. The van der Waals surface area contributed by atoms with Gasteiger partial charge in [-0.1, -0.05) is 6.08 Å². The Balaban J connectivity index is 2.43. The molecule has 4 nitrogen and oxygen atoms in total. The number of nitrogens with one attached hydrogen (secondary N) is 1. The van der Waals surface area contributed by atoms with E-state index >= 15 is 0 Å². The Morgan fingerprint density at radius 2 is 2.50 bits per heavy atom. The van der Waals surface area contributed by atoms with Crippen LogP contribution in [0, 0.1) is 6.92 Å². The minimum Gasteiger partial charge on any atom is -0.348 e. The molecule has 2 heterocycles. The van der Waals surface area contributed by atoms with Crippen LogP contribution in [0.2, 0.25) is 0 Å². The number of nitrogens with zero attached hydrogens (tertiary/aromatic N) is 2. The van der Waals surface area contributed by atoms with Gasteiger partial charge < -0.3 is 9.72 Å². The summed E-state index contributed by atoms with van der Waals surface area (Å²) in [6, 6.07) is 3.59. The summed E-state index contributed by atoms with van der Waals surface area (Å²) in [6.45, 7) is 5.92. The molecule has 2 aromatic heterocycles. The van der Waals surface area contributed by atoms with Crippen LogP contribution in [-0.2, 0) is 0 Å². The Morgan fingerprint density at radius 1 is 1.69 bits per heavy atom. The Kier molecular flexibility index (Phi) is 2.72. The summed E-state index contributed by atoms with van der Waals surface area (Å²) in [4.78, 5) is 16.1. The van der Waals surface area contributed by atoms with E-state index < -0.39 is 0 Å². The van der Waals surface area contributed by atoms with E-state index in [-0.39, 0.29) is 5.91 Å². The third-order valence-corrected chi connectivity index (χ3v) is 2.25. The maximum atomic E-state index is 11.8. The summed E-state index contributed by atoms with van der Waals surface area (Å²) >= 11 is 0. The largest absolute Gasteiger partial charge is 0.348 e. The first-order chi connectivity index (χ1) is 7.72. The molecule has 0 aromatic carbocycles. The number of carbonyl (C=O) groups is 1. The molecule has 0 saturated carbocycles. The highest BCUT2D eigenvalue weighted by molar-refractivity contribution is 5.99. The Labute approximate surface area is 93.6 Å². The van der Waals surface area contributed by atoms with Crippen molar-refractivity contribution in [1.29, 1.82) is 0 Å². The number of aromatic nitrogens is 2. The number of fused-ring (bicyclic) bond motifs is 1. The number of rotatable bonds is 3. The molecular formula is C12H13N3O. The van der Waals surface area contributed by atoms with Gasteiger partial charge in [-0.25, -0.2) is 4.98 Å². The molecule has 0 spiro atoms. The predicted octanol–water partition coefficient (Wildman–Crippen LogP) is 1.56. The number of hydrogen-bond acceptors (Lipinski definition) is 2. The van der Waals surface area contributed by atoms with Gasteiger partial charge in [0.15, 0.2) is 0 Å². The number of imidazole rings is 1. The van der Waals surface area contributed by atoms with Gasteiger partial charge in [0.05, 0.1) is 11.3 Å². The van der Waals surface area contributed by atoms with E-state index in [9.17, 15) is 4.79 Å². The number of carbonyl (C=O) groups excluding carboxylic acids is 1. The number of aryl methyl sites for hydroxylation is 1. The lowest BCUT2D eigenvalue weighted by molar-refractivity contribution is 0.0959. The van der Waals surface area contributed by atoms with Crippen LogP contribution in [0.25, 0.3) is 5.65 Å². The van der Waals surface area contributed by atoms with Crippen molar-refractivity contribution in [2.45, 2.75) is 6.92 Å². The van der Waals surface area contributed by atoms with Crippen molar-refractivity contribution in [2.75, 3.05) is 6.54 Å². The van der Waals surface area contributed by atoms with E-state index in [0.717, 1.165) is 5.69 Å². The van der Waals surface area contributed by atoms with Crippen LogP contribution in [0.15, 0.2) is 37.2 Å². The zero-order valence-corrected chi connectivity index (χ0v) is 9.10. The van der Waals surface area contributed by atoms with Crippen LogP contribution >= 0.6 is 0 Å². The summed E-state index contributed by atoms with van der Waals surface area (Å²) in [5, 5.41) is 2.74. The van der Waals surface area contributed by atoms with Gasteiger partial charge in [-0.2, -0.15) is 0 Å². The highest BCUT2D eigenvalue weighted by Gasteiger charge is 2.10. The number of pyridine rings is 1. The summed E-state index contributed by atoms with van der Waals surface area (Å²) in [7, 11) is 0. The second-order valence-electron chi connectivity index (χ2n) is 3.53. The van der Waals surface area contributed by atoms with Crippen molar-refractivity contribution in [1.82, 2.24) is 14.7 Å². The smallest absolute Gasteiger partial charge is 0.255 e. The SMILES string of the molecule is C=CCNC(=O)c1cccn2cc(C)nc12. The van der Waals surface area contributed by atoms with Crippen molar-refractivity contribution < 1.29 is 4.79 Å². The van der Waals surface area contributed by atoms with E-state index in [1.165, 1.54) is 0 Å². The van der Waals surface area contributed by atoms with Crippen LogP contribution in [-0.4, -0.2) is 21.8 Å². The zero-order chi connectivity index (χ0) is 11.5. The Morgan fingerprint density at radius 3 is 3.25 bits per heavy atom. The molecule has 0 bridgehead atoms. The van der Waals surface area contributed by atoms with Gasteiger partial charge in [-0.3, -0.25) is 4.79 Å². The number of hydrogen-bond donors (Lipinski definition) is 1. The fourth-order valence-corrected chi connectivity index (χ4v) is 1.57. The molecule has 82 valence electrons. The van der Waals surface area contributed by atoms with Crippen molar-refractivity contribution in [3.63, 3.8) is 0 Å². The van der Waals surface area contributed by atoms with Gasteiger partial charge in [0.2, 0.25) is 0 Å². The summed E-state index contributed by atoms with van der Waals surface area (Å²) in [6.07, 6.45) is 5.41. The first-order valence-corrected chi connectivity index (χ1v) is 5.06. The van der Waals surface area contributed by atoms with E-state index in [1.807, 2.05) is 29.8 Å². The minimum absolute atomic E-state index is 0.129. The lowest BCUT2D eigenvalue weighted by atomic mass is 10.2. The zero-order valence-electron chi connectivity index (χ0n) is 9.10. The molecule has 0 aliphatic rings. The van der Waals surface area contributed by atoms with E-state index in [4.69, 9.17) is 0 Å². The highest BCUT2D eigenvalue weighted by Crippen LogP contribution is 2.10. The van der Waals surface area contributed by atoms with Gasteiger partial charge in [-0.15, -0.1) is 6.58 Å². The van der Waals surface area contributed by atoms with Gasteiger partial charge in [-0.05, 0) is 19.1 Å². The molecule has 0 aliphatic heterocycles. The summed E-state index contributed by atoms with van der Waals surface area (Å²) in [5.41, 5.74) is 2.16. The molecule has 0 radical (unpaired) electrons. The lowest BCUT2D eigenvalue weighted by Gasteiger charge is -2.03. The van der Waals surface area contributed by atoms with Crippen molar-refractivity contribution in [3.05, 3.63) is 48.4 Å². The maximum absolute atomic E-state index is 11.8. The van der Waals surface area contributed by atoms with Crippen LogP contribution < -0.4 is 5.32 Å². The van der Waals surface area contributed by atoms with Gasteiger partial charge in [0.1, 0.15) is 5.65 Å². The van der Waals surface area contributed by atoms with Crippen LogP contribution in [0.3, 0.4) is 0 Å². The van der Waals surface area contributed by atoms with E-state index in [0.29, 0.717) is 17.8 Å². The standard InChI is InChI=1S/C12H13N3O/c1-3-6-13-12(16)10-5-4-7-15-8-9(2)14-11(10)15/h3-5,7-8H,1,6H2,2H3,(H,13,16). The van der Waals surface area contributed by atoms with Crippen LogP contribution in [0.1, 0.15) is 16.1 Å². The molecule has 0 saturated heterocycles. The third-order valence-electron chi connectivity index (χ3n) is 2.25. The van der Waals surface area contributed by atoms with Crippen LogP contribution in [0.4, 0.5) is 0 Å². The molecule has 1 N–H and O–H groups in total. The predicted molar refractivity (Wildman–Crippen MR) is 62.5 cm³/mol. The first kappa shape index (κ1) is 10.4.